The topological polar surface area (TPSA) is 83.9 Å². The fraction of sp³-hybridized carbons (Fsp3) is 0.342. The van der Waals surface area contributed by atoms with Crippen molar-refractivity contribution in [2.45, 2.75) is 66.0 Å². The van der Waals surface area contributed by atoms with Gasteiger partial charge < -0.3 is 14.7 Å². The van der Waals surface area contributed by atoms with E-state index in [1.807, 2.05) is 0 Å². The third-order valence-electron chi connectivity index (χ3n) is 10.2. The number of hydrogen-bond donors (Lipinski definition) is 1. The molecule has 1 amide bonds. The molecule has 6 rings (SSSR count). The molecule has 16 heteroatoms. The van der Waals surface area contributed by atoms with Gasteiger partial charge in [0.2, 0.25) is 5.91 Å². The molecule has 1 saturated carbocycles. The van der Waals surface area contributed by atoms with Crippen molar-refractivity contribution in [1.82, 2.24) is 4.90 Å². The van der Waals surface area contributed by atoms with Gasteiger partial charge in [-0.1, -0.05) is 48.5 Å². The van der Waals surface area contributed by atoms with Gasteiger partial charge in [0.25, 0.3) is 5.60 Å². The van der Waals surface area contributed by atoms with E-state index in [1.54, 1.807) is 6.92 Å². The minimum Gasteiger partial charge on any atom is -0.390 e. The SMILES string of the molecule is CC1(O)CCN(C(=O)[C@H]2C[C@]2(c2ccc(C(OCc3c(F)cccc3F)(C(F)(F)F)C(F)(F)F)c(-c3ccccc3)c2)S(=O)(=O)c2ccc(F)cc2)CC1. The molecule has 0 bridgehead atoms. The number of ether oxygens (including phenoxy) is 1. The van der Waals surface area contributed by atoms with E-state index in [9.17, 15) is 31.5 Å². The van der Waals surface area contributed by atoms with Gasteiger partial charge in [-0.15, -0.1) is 0 Å². The lowest BCUT2D eigenvalue weighted by atomic mass is 9.83. The average molecular weight is 786 g/mol. The number of hydrogen-bond acceptors (Lipinski definition) is 5. The smallest absolute Gasteiger partial charge is 0.390 e. The van der Waals surface area contributed by atoms with Crippen LogP contribution in [0.25, 0.3) is 11.1 Å². The lowest BCUT2D eigenvalue weighted by molar-refractivity contribution is -0.392. The first-order valence-electron chi connectivity index (χ1n) is 16.6. The third kappa shape index (κ3) is 6.65. The van der Waals surface area contributed by atoms with Crippen molar-refractivity contribution in [2.75, 3.05) is 13.1 Å². The van der Waals surface area contributed by atoms with Crippen LogP contribution < -0.4 is 0 Å². The molecule has 4 aromatic carbocycles. The molecule has 4 aromatic rings. The van der Waals surface area contributed by atoms with Crippen LogP contribution in [0.2, 0.25) is 0 Å². The maximum atomic E-state index is 15.1. The number of carbonyl (C=O) groups excluding carboxylic acids is 1. The van der Waals surface area contributed by atoms with Crippen LogP contribution in [0.4, 0.5) is 39.5 Å². The van der Waals surface area contributed by atoms with E-state index in [4.69, 9.17) is 0 Å². The highest BCUT2D eigenvalue weighted by atomic mass is 32.2. The summed E-state index contributed by atoms with van der Waals surface area (Å²) in [5, 5.41) is 10.4. The number of sulfone groups is 1. The van der Waals surface area contributed by atoms with Crippen molar-refractivity contribution in [3.05, 3.63) is 125 Å². The van der Waals surface area contributed by atoms with Crippen molar-refractivity contribution in [1.29, 1.82) is 0 Å². The van der Waals surface area contributed by atoms with Crippen molar-refractivity contribution in [2.24, 2.45) is 5.92 Å². The van der Waals surface area contributed by atoms with Crippen molar-refractivity contribution in [3.8, 4) is 11.1 Å². The zero-order valence-electron chi connectivity index (χ0n) is 28.3. The predicted molar refractivity (Wildman–Crippen MR) is 177 cm³/mol. The van der Waals surface area contributed by atoms with Crippen LogP contribution in [0.3, 0.4) is 0 Å². The molecular weight excluding hydrogens is 753 g/mol. The van der Waals surface area contributed by atoms with Crippen LogP contribution in [0.5, 0.6) is 0 Å². The van der Waals surface area contributed by atoms with Crippen LogP contribution in [0, 0.1) is 23.4 Å². The molecular formula is C38H32F9NO5S. The number of alkyl halides is 6. The Balaban J connectivity index is 1.57. The summed E-state index contributed by atoms with van der Waals surface area (Å²) >= 11 is 0. The molecule has 1 N–H and O–H groups in total. The number of piperidine rings is 1. The minimum atomic E-state index is -6.32. The van der Waals surface area contributed by atoms with E-state index < -0.39 is 102 Å². The summed E-state index contributed by atoms with van der Waals surface area (Å²) in [6.07, 6.45) is -12.8. The number of amides is 1. The van der Waals surface area contributed by atoms with Crippen LogP contribution in [-0.4, -0.2) is 55.4 Å². The van der Waals surface area contributed by atoms with E-state index in [2.05, 4.69) is 4.74 Å². The highest BCUT2D eigenvalue weighted by Gasteiger charge is 2.75. The Morgan fingerprint density at radius 2 is 1.41 bits per heavy atom. The third-order valence-corrected chi connectivity index (χ3v) is 12.8. The number of benzene rings is 4. The second kappa shape index (κ2) is 13.7. The summed E-state index contributed by atoms with van der Waals surface area (Å²) in [5.41, 5.74) is -10.5. The van der Waals surface area contributed by atoms with Gasteiger partial charge in [-0.2, -0.15) is 26.3 Å². The molecule has 1 saturated heterocycles. The lowest BCUT2D eigenvalue weighted by Crippen LogP contribution is -2.56. The van der Waals surface area contributed by atoms with Crippen LogP contribution in [0.1, 0.15) is 42.9 Å². The molecule has 288 valence electrons. The van der Waals surface area contributed by atoms with Crippen molar-refractivity contribution < 1.29 is 62.6 Å². The fourth-order valence-electron chi connectivity index (χ4n) is 7.08. The van der Waals surface area contributed by atoms with E-state index >= 15 is 26.3 Å². The van der Waals surface area contributed by atoms with Crippen LogP contribution >= 0.6 is 0 Å². The molecule has 2 fully saturated rings. The first kappa shape index (κ1) is 39.3. The maximum Gasteiger partial charge on any atom is 0.430 e. The predicted octanol–water partition coefficient (Wildman–Crippen LogP) is 8.37. The normalized spacial score (nSPS) is 20.5. The van der Waals surface area contributed by atoms with Crippen LogP contribution in [-0.2, 0) is 36.3 Å². The molecule has 1 aliphatic heterocycles. The van der Waals surface area contributed by atoms with Gasteiger partial charge in [0.15, 0.2) is 9.84 Å². The summed E-state index contributed by atoms with van der Waals surface area (Å²) in [7, 11) is -4.74. The Morgan fingerprint density at radius 1 is 0.833 bits per heavy atom. The Hall–Kier alpha value is -4.41. The molecule has 1 heterocycles. The van der Waals surface area contributed by atoms with E-state index in [0.717, 1.165) is 42.5 Å². The van der Waals surface area contributed by atoms with E-state index in [-0.39, 0.29) is 37.1 Å². The monoisotopic (exact) mass is 785 g/mol. The van der Waals surface area contributed by atoms with Gasteiger partial charge in [0, 0.05) is 24.2 Å². The largest absolute Gasteiger partial charge is 0.430 e. The van der Waals surface area contributed by atoms with Crippen molar-refractivity contribution >= 4 is 15.7 Å². The van der Waals surface area contributed by atoms with Gasteiger partial charge in [-0.25, -0.2) is 21.6 Å². The van der Waals surface area contributed by atoms with Gasteiger partial charge >= 0.3 is 12.4 Å². The van der Waals surface area contributed by atoms with Gasteiger partial charge in [0.05, 0.1) is 23.0 Å². The summed E-state index contributed by atoms with van der Waals surface area (Å²) in [5.74, 6) is -5.76. The summed E-state index contributed by atoms with van der Waals surface area (Å²) in [6.45, 7) is -0.151. The molecule has 54 heavy (non-hydrogen) atoms. The highest BCUT2D eigenvalue weighted by Crippen LogP contribution is 2.63. The molecule has 1 aliphatic carbocycles. The van der Waals surface area contributed by atoms with Gasteiger partial charge in [-0.3, -0.25) is 4.79 Å². The van der Waals surface area contributed by atoms with Gasteiger partial charge in [0.1, 0.15) is 22.2 Å². The zero-order chi connectivity index (χ0) is 39.5. The van der Waals surface area contributed by atoms with Crippen molar-refractivity contribution in [3.63, 3.8) is 0 Å². The molecule has 2 aliphatic rings. The number of halogens is 9. The number of carbonyl (C=O) groups is 1. The van der Waals surface area contributed by atoms with Gasteiger partial charge in [-0.05, 0) is 85.3 Å². The maximum absolute atomic E-state index is 15.1. The molecule has 2 atom stereocenters. The number of rotatable bonds is 9. The Bertz CT molecular complexity index is 2110. The second-order valence-electron chi connectivity index (χ2n) is 13.7. The summed E-state index contributed by atoms with van der Waals surface area (Å²) in [4.78, 5) is 14.8. The van der Waals surface area contributed by atoms with E-state index in [0.29, 0.717) is 18.2 Å². The molecule has 0 radical (unpaired) electrons. The first-order valence-corrected chi connectivity index (χ1v) is 18.1. The molecule has 0 aromatic heterocycles. The molecule has 0 spiro atoms. The Morgan fingerprint density at radius 3 is 1.96 bits per heavy atom. The quantitative estimate of drug-likeness (QED) is 0.136. The summed E-state index contributed by atoms with van der Waals surface area (Å²) in [6, 6.07) is 14.0. The lowest BCUT2D eigenvalue weighted by Gasteiger charge is -2.39. The zero-order valence-corrected chi connectivity index (χ0v) is 29.1. The summed E-state index contributed by atoms with van der Waals surface area (Å²) < 4.78 is 165. The second-order valence-corrected chi connectivity index (χ2v) is 15.9. The molecule has 0 unspecified atom stereocenters. The fourth-order valence-corrected chi connectivity index (χ4v) is 9.30. The Labute approximate surface area is 304 Å². The Kier molecular flexibility index (Phi) is 9.98. The molecule has 6 nitrogen and oxygen atoms in total. The number of likely N-dealkylation sites (tertiary alicyclic amines) is 1. The number of nitrogens with zero attached hydrogens (tertiary/aromatic N) is 1. The first-order chi connectivity index (χ1) is 25.2. The standard InChI is InChI=1S/C38H32F9NO5S/c1-34(50)16-18-48(19-17-34)33(49)30-21-35(30,54(51,52)26-13-11-25(39)12-14-26)24-10-15-29(27(20-24)23-6-3-2-4-7-23)36(37(42,43)44,38(45,46)47)53-22-28-31(40)8-5-9-32(28)41/h2-15,20,30,50H,16-19,21-22H2,1H3/t30-,35-/m1/s1. The highest BCUT2D eigenvalue weighted by molar-refractivity contribution is 7.92. The number of aliphatic hydroxyl groups is 1. The minimum absolute atomic E-state index is 0.0445. The van der Waals surface area contributed by atoms with Crippen LogP contribution in [0.15, 0.2) is 95.9 Å². The van der Waals surface area contributed by atoms with E-state index in [1.165, 1.54) is 35.2 Å². The average Bonchev–Trinajstić information content (AvgIpc) is 3.87.